The van der Waals surface area contributed by atoms with E-state index in [2.05, 4.69) is 10.1 Å². The lowest BCUT2D eigenvalue weighted by molar-refractivity contribution is 0.0784. The first-order valence-electron chi connectivity index (χ1n) is 9.10. The maximum Gasteiger partial charge on any atom is 0.285 e. The summed E-state index contributed by atoms with van der Waals surface area (Å²) in [4.78, 5) is 31.4. The Morgan fingerprint density at radius 1 is 1.30 bits per heavy atom. The van der Waals surface area contributed by atoms with Gasteiger partial charge in [-0.1, -0.05) is 24.3 Å². The molecule has 3 heterocycles. The van der Waals surface area contributed by atoms with Crippen LogP contribution in [0.3, 0.4) is 0 Å². The van der Waals surface area contributed by atoms with Crippen LogP contribution >= 0.6 is 0 Å². The Hall–Kier alpha value is -2.93. The second kappa shape index (κ2) is 7.00. The van der Waals surface area contributed by atoms with E-state index >= 15 is 0 Å². The fraction of sp³-hybridized carbons (Fsp3) is 0.350. The average molecular weight is 366 g/mol. The molecule has 7 heteroatoms. The lowest BCUT2D eigenvalue weighted by atomic mass is 9.98. The molecule has 1 amide bonds. The van der Waals surface area contributed by atoms with Gasteiger partial charge in [-0.3, -0.25) is 14.7 Å². The SMILES string of the molecule is Cc1cc2ncc(C(=O)N3CCC(Cc4ccc(CO)cc4)C3)c(=O)n2[nH]1. The van der Waals surface area contributed by atoms with Gasteiger partial charge < -0.3 is 10.0 Å². The van der Waals surface area contributed by atoms with Crippen LogP contribution in [0.15, 0.2) is 41.3 Å². The standard InChI is InChI=1S/C20H22N4O3/c1-13-8-18-21-10-17(20(27)24(18)22-13)19(26)23-7-6-16(11-23)9-14-2-4-15(12-25)5-3-14/h2-5,8,10,16,22,25H,6-7,9,11-12H2,1H3. The highest BCUT2D eigenvalue weighted by molar-refractivity contribution is 5.94. The van der Waals surface area contributed by atoms with Crippen LogP contribution in [0.5, 0.6) is 0 Å². The van der Waals surface area contributed by atoms with E-state index in [9.17, 15) is 9.59 Å². The smallest absolute Gasteiger partial charge is 0.285 e. The predicted octanol–water partition coefficient (Wildman–Crippen LogP) is 1.53. The minimum absolute atomic E-state index is 0.0419. The number of aromatic amines is 1. The van der Waals surface area contributed by atoms with Crippen molar-refractivity contribution in [2.24, 2.45) is 5.92 Å². The first-order valence-corrected chi connectivity index (χ1v) is 9.10. The van der Waals surface area contributed by atoms with Gasteiger partial charge in [0.05, 0.1) is 6.61 Å². The molecule has 2 N–H and O–H groups in total. The number of likely N-dealkylation sites (tertiary alicyclic amines) is 1. The van der Waals surface area contributed by atoms with Crippen LogP contribution in [0.25, 0.3) is 5.65 Å². The van der Waals surface area contributed by atoms with E-state index in [4.69, 9.17) is 5.11 Å². The van der Waals surface area contributed by atoms with E-state index < -0.39 is 0 Å². The van der Waals surface area contributed by atoms with Crippen molar-refractivity contribution in [1.82, 2.24) is 19.5 Å². The van der Waals surface area contributed by atoms with E-state index in [1.807, 2.05) is 31.2 Å². The van der Waals surface area contributed by atoms with Crippen LogP contribution in [-0.2, 0) is 13.0 Å². The van der Waals surface area contributed by atoms with Crippen molar-refractivity contribution in [2.75, 3.05) is 13.1 Å². The largest absolute Gasteiger partial charge is 0.392 e. The summed E-state index contributed by atoms with van der Waals surface area (Å²) in [6, 6.07) is 9.66. The molecule has 1 aliphatic rings. The zero-order valence-corrected chi connectivity index (χ0v) is 15.2. The Kier molecular flexibility index (Phi) is 4.53. The van der Waals surface area contributed by atoms with Crippen molar-refractivity contribution in [3.05, 3.63) is 69.3 Å². The number of carbonyl (C=O) groups excluding carboxylic acids is 1. The molecule has 27 heavy (non-hydrogen) atoms. The van der Waals surface area contributed by atoms with Gasteiger partial charge in [0.1, 0.15) is 5.56 Å². The Morgan fingerprint density at radius 3 is 2.78 bits per heavy atom. The second-order valence-electron chi connectivity index (χ2n) is 7.19. The number of aromatic nitrogens is 3. The number of H-pyrrole nitrogens is 1. The third-order valence-electron chi connectivity index (χ3n) is 5.16. The quantitative estimate of drug-likeness (QED) is 0.733. The fourth-order valence-corrected chi connectivity index (χ4v) is 3.70. The highest BCUT2D eigenvalue weighted by Crippen LogP contribution is 2.22. The molecule has 4 rings (SSSR count). The topological polar surface area (TPSA) is 90.7 Å². The Morgan fingerprint density at radius 2 is 2.04 bits per heavy atom. The number of fused-ring (bicyclic) bond motifs is 1. The molecule has 1 unspecified atom stereocenters. The molecule has 0 aliphatic carbocycles. The number of amides is 1. The molecule has 1 aromatic carbocycles. The van der Waals surface area contributed by atoms with Crippen LogP contribution in [0.2, 0.25) is 0 Å². The Labute approximate surface area is 156 Å². The van der Waals surface area contributed by atoms with Crippen molar-refractivity contribution in [1.29, 1.82) is 0 Å². The van der Waals surface area contributed by atoms with Gasteiger partial charge in [-0.15, -0.1) is 0 Å². The van der Waals surface area contributed by atoms with Gasteiger partial charge in [-0.05, 0) is 36.8 Å². The number of rotatable bonds is 4. The molecule has 140 valence electrons. The number of aryl methyl sites for hydroxylation is 1. The van der Waals surface area contributed by atoms with Crippen LogP contribution in [-0.4, -0.2) is 43.6 Å². The molecule has 0 spiro atoms. The zero-order chi connectivity index (χ0) is 19.0. The summed E-state index contributed by atoms with van der Waals surface area (Å²) < 4.78 is 1.32. The minimum atomic E-state index is -0.360. The van der Waals surface area contributed by atoms with E-state index in [0.29, 0.717) is 24.7 Å². The van der Waals surface area contributed by atoms with Gasteiger partial charge in [0, 0.05) is 31.0 Å². The second-order valence-corrected chi connectivity index (χ2v) is 7.19. The van der Waals surface area contributed by atoms with Crippen LogP contribution in [0, 0.1) is 12.8 Å². The van der Waals surface area contributed by atoms with Crippen LogP contribution < -0.4 is 5.56 Å². The fourth-order valence-electron chi connectivity index (χ4n) is 3.70. The molecule has 7 nitrogen and oxygen atoms in total. The summed E-state index contributed by atoms with van der Waals surface area (Å²) in [5.41, 5.74) is 3.15. The molecular weight excluding hydrogens is 344 g/mol. The van der Waals surface area contributed by atoms with Crippen molar-refractivity contribution in [3.8, 4) is 0 Å². The lowest BCUT2D eigenvalue weighted by Gasteiger charge is -2.16. The maximum absolute atomic E-state index is 12.8. The summed E-state index contributed by atoms with van der Waals surface area (Å²) in [6.45, 7) is 3.16. The average Bonchev–Trinajstić information content (AvgIpc) is 3.29. The number of nitrogens with zero attached hydrogens (tertiary/aromatic N) is 3. The molecule has 2 aromatic heterocycles. The highest BCUT2D eigenvalue weighted by atomic mass is 16.3. The van der Waals surface area contributed by atoms with Gasteiger partial charge in [0.2, 0.25) is 0 Å². The van der Waals surface area contributed by atoms with Gasteiger partial charge in [0.25, 0.3) is 11.5 Å². The van der Waals surface area contributed by atoms with E-state index in [-0.39, 0.29) is 23.6 Å². The van der Waals surface area contributed by atoms with Crippen molar-refractivity contribution in [2.45, 2.75) is 26.4 Å². The number of hydrogen-bond acceptors (Lipinski definition) is 4. The normalized spacial score (nSPS) is 17.0. The van der Waals surface area contributed by atoms with E-state index in [1.54, 1.807) is 11.0 Å². The van der Waals surface area contributed by atoms with Crippen LogP contribution in [0.4, 0.5) is 0 Å². The van der Waals surface area contributed by atoms with E-state index in [0.717, 1.165) is 24.1 Å². The zero-order valence-electron chi connectivity index (χ0n) is 15.2. The number of carbonyl (C=O) groups is 1. The highest BCUT2D eigenvalue weighted by Gasteiger charge is 2.29. The Balaban J connectivity index is 1.47. The predicted molar refractivity (Wildman–Crippen MR) is 101 cm³/mol. The van der Waals surface area contributed by atoms with Gasteiger partial charge >= 0.3 is 0 Å². The van der Waals surface area contributed by atoms with Crippen molar-refractivity contribution in [3.63, 3.8) is 0 Å². The summed E-state index contributed by atoms with van der Waals surface area (Å²) in [5.74, 6) is 0.105. The molecule has 1 atom stereocenters. The summed E-state index contributed by atoms with van der Waals surface area (Å²) >= 11 is 0. The summed E-state index contributed by atoms with van der Waals surface area (Å²) in [5, 5.41) is 12.0. The lowest BCUT2D eigenvalue weighted by Crippen LogP contribution is -2.34. The van der Waals surface area contributed by atoms with E-state index in [1.165, 1.54) is 16.3 Å². The molecule has 0 bridgehead atoms. The number of benzene rings is 1. The number of hydrogen-bond donors (Lipinski definition) is 2. The van der Waals surface area contributed by atoms with Crippen molar-refractivity contribution < 1.29 is 9.90 Å². The number of nitrogens with one attached hydrogen (secondary N) is 1. The third kappa shape index (κ3) is 3.38. The number of aliphatic hydroxyl groups excluding tert-OH is 1. The minimum Gasteiger partial charge on any atom is -0.392 e. The molecule has 3 aromatic rings. The molecule has 1 aliphatic heterocycles. The summed E-state index contributed by atoms with van der Waals surface area (Å²) in [6.07, 6.45) is 3.17. The monoisotopic (exact) mass is 366 g/mol. The maximum atomic E-state index is 12.8. The first-order chi connectivity index (χ1) is 13.0. The molecular formula is C20H22N4O3. The van der Waals surface area contributed by atoms with Gasteiger partial charge in [-0.25, -0.2) is 9.50 Å². The molecule has 0 saturated carbocycles. The Bertz CT molecular complexity index is 1040. The number of aliphatic hydroxyl groups is 1. The van der Waals surface area contributed by atoms with Crippen LogP contribution in [0.1, 0.15) is 33.6 Å². The molecule has 1 fully saturated rings. The molecule has 0 radical (unpaired) electrons. The molecule has 1 saturated heterocycles. The van der Waals surface area contributed by atoms with Gasteiger partial charge in [0.15, 0.2) is 5.65 Å². The third-order valence-corrected chi connectivity index (χ3v) is 5.16. The van der Waals surface area contributed by atoms with Gasteiger partial charge in [-0.2, -0.15) is 0 Å². The first kappa shape index (κ1) is 17.5. The van der Waals surface area contributed by atoms with Crippen molar-refractivity contribution >= 4 is 11.6 Å². The summed E-state index contributed by atoms with van der Waals surface area (Å²) in [7, 11) is 0.